The Hall–Kier alpha value is -0.120. The van der Waals surface area contributed by atoms with Crippen molar-refractivity contribution in [1.29, 1.82) is 0 Å². The van der Waals surface area contributed by atoms with Crippen LogP contribution >= 0.6 is 0 Å². The molecule has 0 amide bonds. The zero-order valence-corrected chi connectivity index (χ0v) is 9.91. The van der Waals surface area contributed by atoms with Gasteiger partial charge in [-0.1, -0.05) is 12.8 Å². The Morgan fingerprint density at radius 2 is 1.93 bits per heavy atom. The van der Waals surface area contributed by atoms with E-state index in [2.05, 4.69) is 4.90 Å². The second kappa shape index (κ2) is 6.46. The molecule has 1 aliphatic heterocycles. The van der Waals surface area contributed by atoms with Gasteiger partial charge < -0.3 is 15.1 Å². The molecule has 0 aliphatic carbocycles. The molecular weight excluding hydrogens is 190 g/mol. The van der Waals surface area contributed by atoms with E-state index in [1.807, 2.05) is 6.92 Å². The molecule has 90 valence electrons. The van der Waals surface area contributed by atoms with Gasteiger partial charge >= 0.3 is 0 Å². The van der Waals surface area contributed by atoms with Crippen LogP contribution in [0.1, 0.15) is 45.4 Å². The average molecular weight is 215 g/mol. The summed E-state index contributed by atoms with van der Waals surface area (Å²) in [6.07, 6.45) is 6.49. The second-order valence-corrected chi connectivity index (χ2v) is 5.01. The third-order valence-electron chi connectivity index (χ3n) is 3.14. The highest BCUT2D eigenvalue weighted by Crippen LogP contribution is 2.20. The third kappa shape index (κ3) is 5.50. The van der Waals surface area contributed by atoms with Crippen LogP contribution in [0.2, 0.25) is 0 Å². The summed E-state index contributed by atoms with van der Waals surface area (Å²) in [6.45, 7) is 5.31. The molecule has 1 fully saturated rings. The number of hydrogen-bond acceptors (Lipinski definition) is 3. The van der Waals surface area contributed by atoms with Gasteiger partial charge in [0.2, 0.25) is 0 Å². The Morgan fingerprint density at radius 3 is 2.60 bits per heavy atom. The minimum atomic E-state index is -0.469. The molecule has 1 heterocycles. The fourth-order valence-electron chi connectivity index (χ4n) is 2.31. The Kier molecular flexibility index (Phi) is 5.58. The molecule has 0 aromatic rings. The maximum Gasteiger partial charge on any atom is 0.0746 e. The molecule has 3 nitrogen and oxygen atoms in total. The quantitative estimate of drug-likeness (QED) is 0.658. The SMILES string of the molecule is CC1(O)CCCN(CCCCCCO)C1. The van der Waals surface area contributed by atoms with Crippen molar-refractivity contribution in [1.82, 2.24) is 4.90 Å². The molecule has 2 N–H and O–H groups in total. The zero-order chi connectivity index (χ0) is 11.1. The smallest absolute Gasteiger partial charge is 0.0746 e. The van der Waals surface area contributed by atoms with E-state index in [9.17, 15) is 5.11 Å². The zero-order valence-electron chi connectivity index (χ0n) is 9.91. The third-order valence-corrected chi connectivity index (χ3v) is 3.14. The lowest BCUT2D eigenvalue weighted by atomic mass is 9.95. The monoisotopic (exact) mass is 215 g/mol. The Bertz CT molecular complexity index is 171. The van der Waals surface area contributed by atoms with Crippen LogP contribution in [-0.2, 0) is 0 Å². The molecular formula is C12H25NO2. The van der Waals surface area contributed by atoms with Crippen molar-refractivity contribution in [2.45, 2.75) is 51.0 Å². The molecule has 15 heavy (non-hydrogen) atoms. The minimum Gasteiger partial charge on any atom is -0.396 e. The summed E-state index contributed by atoms with van der Waals surface area (Å²) < 4.78 is 0. The summed E-state index contributed by atoms with van der Waals surface area (Å²) in [5, 5.41) is 18.6. The highest BCUT2D eigenvalue weighted by Gasteiger charge is 2.27. The lowest BCUT2D eigenvalue weighted by Gasteiger charge is -2.36. The minimum absolute atomic E-state index is 0.318. The molecule has 0 bridgehead atoms. The van der Waals surface area contributed by atoms with Gasteiger partial charge in [0.15, 0.2) is 0 Å². The van der Waals surface area contributed by atoms with Gasteiger partial charge in [0.1, 0.15) is 0 Å². The summed E-state index contributed by atoms with van der Waals surface area (Å²) in [5.41, 5.74) is -0.469. The van der Waals surface area contributed by atoms with Crippen LogP contribution < -0.4 is 0 Å². The fraction of sp³-hybridized carbons (Fsp3) is 1.00. The van der Waals surface area contributed by atoms with Crippen LogP contribution in [0.5, 0.6) is 0 Å². The Morgan fingerprint density at radius 1 is 1.20 bits per heavy atom. The molecule has 0 aromatic heterocycles. The van der Waals surface area contributed by atoms with Gasteiger partial charge in [0, 0.05) is 13.2 Å². The number of piperidine rings is 1. The predicted octanol–water partition coefficient (Wildman–Crippen LogP) is 1.39. The molecule has 1 rings (SSSR count). The first-order valence-corrected chi connectivity index (χ1v) is 6.20. The fourth-order valence-corrected chi connectivity index (χ4v) is 2.31. The summed E-state index contributed by atoms with van der Waals surface area (Å²) in [7, 11) is 0. The Labute approximate surface area is 93.1 Å². The van der Waals surface area contributed by atoms with E-state index in [1.54, 1.807) is 0 Å². The molecule has 1 unspecified atom stereocenters. The molecule has 0 aromatic carbocycles. The van der Waals surface area contributed by atoms with Gasteiger partial charge in [-0.25, -0.2) is 0 Å². The summed E-state index contributed by atoms with van der Waals surface area (Å²) >= 11 is 0. The van der Waals surface area contributed by atoms with Crippen molar-refractivity contribution in [3.8, 4) is 0 Å². The van der Waals surface area contributed by atoms with Crippen molar-refractivity contribution in [3.63, 3.8) is 0 Å². The first-order chi connectivity index (χ1) is 7.14. The molecule has 0 radical (unpaired) electrons. The van der Waals surface area contributed by atoms with E-state index in [-0.39, 0.29) is 0 Å². The highest BCUT2D eigenvalue weighted by atomic mass is 16.3. The summed E-state index contributed by atoms with van der Waals surface area (Å²) in [4.78, 5) is 2.36. The van der Waals surface area contributed by atoms with Crippen molar-refractivity contribution in [2.24, 2.45) is 0 Å². The second-order valence-electron chi connectivity index (χ2n) is 5.01. The lowest BCUT2D eigenvalue weighted by Crippen LogP contribution is -2.46. The maximum absolute atomic E-state index is 9.91. The molecule has 3 heteroatoms. The molecule has 1 aliphatic rings. The molecule has 0 saturated carbocycles. The topological polar surface area (TPSA) is 43.7 Å². The van der Waals surface area contributed by atoms with Crippen LogP contribution in [0.3, 0.4) is 0 Å². The number of likely N-dealkylation sites (tertiary alicyclic amines) is 1. The van der Waals surface area contributed by atoms with Gasteiger partial charge in [0.05, 0.1) is 5.60 Å². The van der Waals surface area contributed by atoms with Gasteiger partial charge in [0.25, 0.3) is 0 Å². The maximum atomic E-state index is 9.91. The lowest BCUT2D eigenvalue weighted by molar-refractivity contribution is -0.0158. The first-order valence-electron chi connectivity index (χ1n) is 6.20. The van der Waals surface area contributed by atoms with Crippen LogP contribution in [-0.4, -0.2) is 47.0 Å². The van der Waals surface area contributed by atoms with Crippen molar-refractivity contribution < 1.29 is 10.2 Å². The van der Waals surface area contributed by atoms with Gasteiger partial charge in [-0.05, 0) is 45.7 Å². The van der Waals surface area contributed by atoms with Crippen molar-refractivity contribution in [3.05, 3.63) is 0 Å². The number of rotatable bonds is 6. The van der Waals surface area contributed by atoms with Gasteiger partial charge in [-0.3, -0.25) is 0 Å². The largest absolute Gasteiger partial charge is 0.396 e. The number of nitrogens with zero attached hydrogens (tertiary/aromatic N) is 1. The molecule has 0 spiro atoms. The van der Waals surface area contributed by atoms with Crippen LogP contribution in [0.4, 0.5) is 0 Å². The molecule has 1 atom stereocenters. The average Bonchev–Trinajstić information content (AvgIpc) is 2.16. The highest BCUT2D eigenvalue weighted by molar-refractivity contribution is 4.82. The van der Waals surface area contributed by atoms with Gasteiger partial charge in [-0.15, -0.1) is 0 Å². The van der Waals surface area contributed by atoms with Crippen molar-refractivity contribution >= 4 is 0 Å². The normalized spacial score (nSPS) is 28.2. The number of unbranched alkanes of at least 4 members (excludes halogenated alkanes) is 3. The van der Waals surface area contributed by atoms with E-state index >= 15 is 0 Å². The van der Waals surface area contributed by atoms with E-state index < -0.39 is 5.60 Å². The first kappa shape index (κ1) is 12.9. The number of hydrogen-bond donors (Lipinski definition) is 2. The number of aliphatic hydroxyl groups excluding tert-OH is 1. The van der Waals surface area contributed by atoms with E-state index in [0.29, 0.717) is 6.61 Å². The van der Waals surface area contributed by atoms with E-state index in [4.69, 9.17) is 5.11 Å². The van der Waals surface area contributed by atoms with E-state index in [1.165, 1.54) is 12.8 Å². The van der Waals surface area contributed by atoms with Crippen LogP contribution in [0.15, 0.2) is 0 Å². The van der Waals surface area contributed by atoms with Crippen LogP contribution in [0.25, 0.3) is 0 Å². The Balaban J connectivity index is 2.05. The summed E-state index contributed by atoms with van der Waals surface area (Å²) in [5.74, 6) is 0. The predicted molar refractivity (Wildman–Crippen MR) is 61.9 cm³/mol. The van der Waals surface area contributed by atoms with Crippen LogP contribution in [0, 0.1) is 0 Å². The van der Waals surface area contributed by atoms with Gasteiger partial charge in [-0.2, -0.15) is 0 Å². The number of aliphatic hydroxyl groups is 2. The van der Waals surface area contributed by atoms with E-state index in [0.717, 1.165) is 45.3 Å². The van der Waals surface area contributed by atoms with Crippen molar-refractivity contribution in [2.75, 3.05) is 26.2 Å². The standard InChI is InChI=1S/C12H25NO2/c1-12(15)7-6-9-13(11-12)8-4-2-3-5-10-14/h14-15H,2-11H2,1H3. The number of β-amino-alcohol motifs (C(OH)–C–C–N with tert-alkyl or cyclic N) is 1. The summed E-state index contributed by atoms with van der Waals surface area (Å²) in [6, 6.07) is 0. The molecule has 1 saturated heterocycles.